The Labute approximate surface area is 149 Å². The van der Waals surface area contributed by atoms with Gasteiger partial charge in [-0.2, -0.15) is 5.10 Å². The fraction of sp³-hybridized carbons (Fsp3) is 0.533. The second-order valence-electron chi connectivity index (χ2n) is 5.40. The molecule has 1 amide bonds. The minimum absolute atomic E-state index is 0.0272. The Morgan fingerprint density at radius 3 is 2.58 bits per heavy atom. The Bertz CT molecular complexity index is 738. The van der Waals surface area contributed by atoms with E-state index in [0.29, 0.717) is 17.8 Å². The molecule has 2 aromatic heterocycles. The van der Waals surface area contributed by atoms with Gasteiger partial charge in [-0.25, -0.2) is 0 Å². The molecule has 0 radical (unpaired) electrons. The Balaban J connectivity index is 1.73. The number of ketones is 1. The highest BCUT2D eigenvalue weighted by Crippen LogP contribution is 2.22. The number of amides is 1. The van der Waals surface area contributed by atoms with Gasteiger partial charge in [0.1, 0.15) is 11.6 Å². The van der Waals surface area contributed by atoms with Crippen LogP contribution < -0.4 is 5.32 Å². The lowest BCUT2D eigenvalue weighted by atomic mass is 10.1. The van der Waals surface area contributed by atoms with E-state index in [1.54, 1.807) is 34.7 Å². The summed E-state index contributed by atoms with van der Waals surface area (Å²) in [5.41, 5.74) is 2.00. The molecule has 0 aromatic carbocycles. The van der Waals surface area contributed by atoms with E-state index in [-0.39, 0.29) is 18.2 Å². The van der Waals surface area contributed by atoms with Crippen molar-refractivity contribution < 1.29 is 9.59 Å². The monoisotopic (exact) mass is 367 g/mol. The van der Waals surface area contributed by atoms with Crippen molar-refractivity contribution in [2.24, 2.45) is 0 Å². The number of thioether (sulfide) groups is 1. The van der Waals surface area contributed by atoms with Crippen molar-refractivity contribution in [3.8, 4) is 0 Å². The van der Waals surface area contributed by atoms with Gasteiger partial charge in [-0.15, -0.1) is 10.2 Å². The first-order chi connectivity index (χ1) is 11.4. The number of rotatable bonds is 8. The van der Waals surface area contributed by atoms with E-state index in [2.05, 4.69) is 20.6 Å². The van der Waals surface area contributed by atoms with Crippen LogP contribution in [0.1, 0.15) is 40.1 Å². The van der Waals surface area contributed by atoms with Crippen molar-refractivity contribution in [2.45, 2.75) is 45.0 Å². The van der Waals surface area contributed by atoms with Crippen molar-refractivity contribution in [3.05, 3.63) is 22.0 Å². The van der Waals surface area contributed by atoms with Crippen molar-refractivity contribution in [1.82, 2.24) is 25.3 Å². The Kier molecular flexibility index (Phi) is 6.50. The van der Waals surface area contributed by atoms with Gasteiger partial charge in [-0.1, -0.05) is 23.1 Å². The van der Waals surface area contributed by atoms with Gasteiger partial charge in [-0.05, 0) is 34.1 Å². The van der Waals surface area contributed by atoms with Gasteiger partial charge >= 0.3 is 0 Å². The molecular weight excluding hydrogens is 346 g/mol. The Morgan fingerprint density at radius 1 is 1.25 bits per heavy atom. The number of aromatic nitrogens is 4. The molecule has 2 heterocycles. The van der Waals surface area contributed by atoms with E-state index in [9.17, 15) is 9.59 Å². The molecule has 0 aliphatic rings. The zero-order valence-corrected chi connectivity index (χ0v) is 15.9. The molecule has 7 nitrogen and oxygen atoms in total. The molecule has 0 aliphatic heterocycles. The lowest BCUT2D eigenvalue weighted by Gasteiger charge is -2.06. The highest BCUT2D eigenvalue weighted by molar-refractivity contribution is 8.01. The highest BCUT2D eigenvalue weighted by Gasteiger charge is 2.16. The summed E-state index contributed by atoms with van der Waals surface area (Å²) in [7, 11) is 0. The van der Waals surface area contributed by atoms with Crippen LogP contribution in [0.4, 0.5) is 0 Å². The summed E-state index contributed by atoms with van der Waals surface area (Å²) in [6.45, 7) is 7.76. The number of aryl methyl sites for hydroxylation is 2. The highest BCUT2D eigenvalue weighted by atomic mass is 32.2. The van der Waals surface area contributed by atoms with Gasteiger partial charge in [0.25, 0.3) is 0 Å². The van der Waals surface area contributed by atoms with Gasteiger partial charge in [-0.3, -0.25) is 14.3 Å². The summed E-state index contributed by atoms with van der Waals surface area (Å²) < 4.78 is 2.54. The zero-order chi connectivity index (χ0) is 17.7. The maximum absolute atomic E-state index is 12.0. The van der Waals surface area contributed by atoms with E-state index in [1.807, 2.05) is 13.8 Å². The molecule has 0 saturated heterocycles. The normalized spacial score (nSPS) is 10.8. The van der Waals surface area contributed by atoms with Gasteiger partial charge in [0.15, 0.2) is 10.1 Å². The summed E-state index contributed by atoms with van der Waals surface area (Å²) >= 11 is 3.22. The molecule has 0 aliphatic carbocycles. The van der Waals surface area contributed by atoms with Gasteiger partial charge < -0.3 is 5.32 Å². The molecular formula is C15H21N5O2S2. The van der Waals surface area contributed by atoms with Crippen molar-refractivity contribution >= 4 is 34.8 Å². The summed E-state index contributed by atoms with van der Waals surface area (Å²) in [5.74, 6) is 0.747. The average molecular weight is 368 g/mol. The van der Waals surface area contributed by atoms with Crippen LogP contribution in [0.25, 0.3) is 0 Å². The minimum Gasteiger partial charge on any atom is -0.354 e. The summed E-state index contributed by atoms with van der Waals surface area (Å²) in [4.78, 5) is 23.6. The van der Waals surface area contributed by atoms with Crippen LogP contribution in [0.15, 0.2) is 4.34 Å². The molecule has 2 rings (SSSR count). The van der Waals surface area contributed by atoms with Crippen LogP contribution in [-0.2, 0) is 11.3 Å². The Morgan fingerprint density at radius 2 is 2.00 bits per heavy atom. The van der Waals surface area contributed by atoms with Gasteiger partial charge in [0.2, 0.25) is 5.91 Å². The topological polar surface area (TPSA) is 89.8 Å². The summed E-state index contributed by atoms with van der Waals surface area (Å²) in [6.07, 6.45) is 0.852. The number of nitrogens with one attached hydrogen (secondary N) is 1. The predicted octanol–water partition coefficient (Wildman–Crippen LogP) is 2.16. The standard InChI is InChI=1S/C15H21N5O2S2/c1-9-14(11(3)21)10(2)20(19-9)8-13(22)16-6-5-7-23-15-18-17-12(4)24-15/h5-8H2,1-4H3,(H,16,22). The molecule has 0 bridgehead atoms. The quantitative estimate of drug-likeness (QED) is 0.437. The Hall–Kier alpha value is -1.74. The smallest absolute Gasteiger partial charge is 0.241 e. The maximum atomic E-state index is 12.0. The minimum atomic E-state index is -0.104. The van der Waals surface area contributed by atoms with E-state index in [4.69, 9.17) is 0 Å². The van der Waals surface area contributed by atoms with Crippen LogP contribution in [0.5, 0.6) is 0 Å². The second kappa shape index (κ2) is 8.39. The SMILES string of the molecule is CC(=O)c1c(C)nn(CC(=O)NCCCSc2nnc(C)s2)c1C. The fourth-order valence-corrected chi connectivity index (χ4v) is 4.17. The van der Waals surface area contributed by atoms with Crippen LogP contribution >= 0.6 is 23.1 Å². The second-order valence-corrected chi connectivity index (χ2v) is 7.92. The van der Waals surface area contributed by atoms with Crippen molar-refractivity contribution in [2.75, 3.05) is 12.3 Å². The van der Waals surface area contributed by atoms with E-state index in [0.717, 1.165) is 27.2 Å². The number of hydrogen-bond acceptors (Lipinski definition) is 7. The molecule has 0 spiro atoms. The molecule has 0 saturated carbocycles. The molecule has 0 atom stereocenters. The van der Waals surface area contributed by atoms with Crippen LogP contribution in [0.2, 0.25) is 0 Å². The lowest BCUT2D eigenvalue weighted by Crippen LogP contribution is -2.29. The van der Waals surface area contributed by atoms with E-state index >= 15 is 0 Å². The van der Waals surface area contributed by atoms with Crippen LogP contribution in [0.3, 0.4) is 0 Å². The fourth-order valence-electron chi connectivity index (χ4n) is 2.35. The van der Waals surface area contributed by atoms with Crippen molar-refractivity contribution in [1.29, 1.82) is 0 Å². The average Bonchev–Trinajstić information content (AvgIpc) is 3.02. The lowest BCUT2D eigenvalue weighted by molar-refractivity contribution is -0.121. The molecule has 0 unspecified atom stereocenters. The largest absolute Gasteiger partial charge is 0.354 e. The number of carbonyl (C=O) groups excluding carboxylic acids is 2. The van der Waals surface area contributed by atoms with Crippen molar-refractivity contribution in [3.63, 3.8) is 0 Å². The predicted molar refractivity (Wildman–Crippen MR) is 94.7 cm³/mol. The van der Waals surface area contributed by atoms with Crippen LogP contribution in [-0.4, -0.2) is 44.0 Å². The third-order valence-electron chi connectivity index (χ3n) is 3.40. The first-order valence-corrected chi connectivity index (χ1v) is 9.43. The molecule has 0 fully saturated rings. The first-order valence-electron chi connectivity index (χ1n) is 7.63. The number of hydrogen-bond donors (Lipinski definition) is 1. The first kappa shape index (κ1) is 18.6. The summed E-state index contributed by atoms with van der Waals surface area (Å²) in [6, 6.07) is 0. The molecule has 130 valence electrons. The number of carbonyl (C=O) groups is 2. The number of nitrogens with zero attached hydrogens (tertiary/aromatic N) is 4. The molecule has 2 aromatic rings. The summed E-state index contributed by atoms with van der Waals surface area (Å²) in [5, 5.41) is 16.1. The molecule has 24 heavy (non-hydrogen) atoms. The third kappa shape index (κ3) is 4.88. The maximum Gasteiger partial charge on any atom is 0.241 e. The molecule has 1 N–H and O–H groups in total. The van der Waals surface area contributed by atoms with Gasteiger partial charge in [0.05, 0.1) is 11.3 Å². The van der Waals surface area contributed by atoms with Crippen LogP contribution in [0, 0.1) is 20.8 Å². The number of Topliss-reactive ketones (excluding diaryl/α,β-unsaturated/α-hetero) is 1. The van der Waals surface area contributed by atoms with E-state index in [1.165, 1.54) is 6.92 Å². The molecule has 9 heteroatoms. The third-order valence-corrected chi connectivity index (χ3v) is 5.46. The van der Waals surface area contributed by atoms with E-state index < -0.39 is 0 Å². The zero-order valence-electron chi connectivity index (χ0n) is 14.3. The van der Waals surface area contributed by atoms with Gasteiger partial charge in [0, 0.05) is 18.0 Å².